The molecule has 7 nitrogen and oxygen atoms in total. The van der Waals surface area contributed by atoms with Gasteiger partial charge in [0.15, 0.2) is 6.10 Å². The summed E-state index contributed by atoms with van der Waals surface area (Å²) < 4.78 is 40.1. The summed E-state index contributed by atoms with van der Waals surface area (Å²) in [6, 6.07) is 15.0. The standard InChI is InChI=1S/C29H33ClN2O5S/c1-17(2)23-15-24(19(4)13-27(23)36-6)20(5)31-29(33)28-16-32(25-14-21(30)9-12-26(25)37-28)38(34,35)22-10-7-18(3)8-11-22/h7-15,17,20,28H,16H2,1-6H3,(H,31,33)/t20-,28+/m0/s1. The number of fused-ring (bicyclic) bond motifs is 1. The minimum atomic E-state index is -3.98. The zero-order chi connectivity index (χ0) is 27.8. The SMILES string of the molecule is COc1cc(C)c([C@H](C)NC(=O)[C@H]2CN(S(=O)(=O)c3ccc(C)cc3)c3cc(Cl)ccc3O2)cc1C(C)C. The average molecular weight is 557 g/mol. The van der Waals surface area contributed by atoms with E-state index in [1.807, 2.05) is 26.8 Å². The van der Waals surface area contributed by atoms with E-state index < -0.39 is 22.0 Å². The maximum Gasteiger partial charge on any atom is 0.264 e. The lowest BCUT2D eigenvalue weighted by molar-refractivity contribution is -0.128. The lowest BCUT2D eigenvalue weighted by atomic mass is 9.93. The number of methoxy groups -OCH3 is 1. The largest absolute Gasteiger partial charge is 0.496 e. The van der Waals surface area contributed by atoms with Crippen LogP contribution in [0.15, 0.2) is 59.5 Å². The maximum absolute atomic E-state index is 13.7. The highest BCUT2D eigenvalue weighted by Crippen LogP contribution is 2.39. The molecule has 0 bridgehead atoms. The van der Waals surface area contributed by atoms with Gasteiger partial charge in [-0.3, -0.25) is 9.10 Å². The van der Waals surface area contributed by atoms with Gasteiger partial charge >= 0.3 is 0 Å². The van der Waals surface area contributed by atoms with Crippen molar-refractivity contribution < 1.29 is 22.7 Å². The molecule has 202 valence electrons. The molecule has 1 amide bonds. The molecule has 2 atom stereocenters. The van der Waals surface area contributed by atoms with Crippen molar-refractivity contribution in [3.8, 4) is 11.5 Å². The second-order valence-electron chi connectivity index (χ2n) is 9.90. The first-order valence-corrected chi connectivity index (χ1v) is 14.3. The van der Waals surface area contributed by atoms with Crippen LogP contribution in [0.25, 0.3) is 0 Å². The monoisotopic (exact) mass is 556 g/mol. The van der Waals surface area contributed by atoms with Crippen LogP contribution in [0.3, 0.4) is 0 Å². The van der Waals surface area contributed by atoms with Crippen molar-refractivity contribution in [2.45, 2.75) is 57.6 Å². The first-order chi connectivity index (χ1) is 17.9. The molecule has 9 heteroatoms. The first-order valence-electron chi connectivity index (χ1n) is 12.5. The lowest BCUT2D eigenvalue weighted by Gasteiger charge is -2.35. The van der Waals surface area contributed by atoms with Gasteiger partial charge in [0.2, 0.25) is 0 Å². The van der Waals surface area contributed by atoms with Crippen molar-refractivity contribution in [1.82, 2.24) is 5.32 Å². The number of nitrogens with zero attached hydrogens (tertiary/aromatic N) is 1. The van der Waals surface area contributed by atoms with Crippen LogP contribution in [0.2, 0.25) is 5.02 Å². The van der Waals surface area contributed by atoms with Crippen LogP contribution in [0.5, 0.6) is 11.5 Å². The number of ether oxygens (including phenoxy) is 2. The summed E-state index contributed by atoms with van der Waals surface area (Å²) in [5, 5.41) is 3.38. The fourth-order valence-corrected chi connectivity index (χ4v) is 6.25. The zero-order valence-corrected chi connectivity index (χ0v) is 24.0. The second kappa shape index (κ2) is 10.9. The summed E-state index contributed by atoms with van der Waals surface area (Å²) in [4.78, 5) is 13.6. The topological polar surface area (TPSA) is 84.9 Å². The van der Waals surface area contributed by atoms with Crippen molar-refractivity contribution in [2.24, 2.45) is 0 Å². The van der Waals surface area contributed by atoms with Crippen LogP contribution in [-0.2, 0) is 14.8 Å². The van der Waals surface area contributed by atoms with Gasteiger partial charge in [0.25, 0.3) is 15.9 Å². The van der Waals surface area contributed by atoms with E-state index in [2.05, 4.69) is 25.2 Å². The maximum atomic E-state index is 13.7. The van der Waals surface area contributed by atoms with Crippen molar-refractivity contribution in [3.05, 3.63) is 81.9 Å². The molecule has 3 aromatic carbocycles. The van der Waals surface area contributed by atoms with Gasteiger partial charge < -0.3 is 14.8 Å². The minimum absolute atomic E-state index is 0.124. The Hall–Kier alpha value is -3.23. The Morgan fingerprint density at radius 3 is 2.37 bits per heavy atom. The molecule has 3 aromatic rings. The third-order valence-corrected chi connectivity index (χ3v) is 8.79. The van der Waals surface area contributed by atoms with Gasteiger partial charge in [-0.05, 0) is 85.8 Å². The summed E-state index contributed by atoms with van der Waals surface area (Å²) in [6.07, 6.45) is -1.06. The van der Waals surface area contributed by atoms with Crippen LogP contribution in [0.4, 0.5) is 5.69 Å². The minimum Gasteiger partial charge on any atom is -0.496 e. The van der Waals surface area contributed by atoms with Crippen molar-refractivity contribution >= 4 is 33.2 Å². The molecule has 0 fully saturated rings. The highest BCUT2D eigenvalue weighted by molar-refractivity contribution is 7.92. The Balaban J connectivity index is 1.64. The van der Waals surface area contributed by atoms with Crippen LogP contribution in [0, 0.1) is 13.8 Å². The fourth-order valence-electron chi connectivity index (χ4n) is 4.62. The van der Waals surface area contributed by atoms with Gasteiger partial charge in [0.05, 0.1) is 30.3 Å². The van der Waals surface area contributed by atoms with E-state index in [0.717, 1.165) is 28.0 Å². The Labute approximate surface area is 229 Å². The third-order valence-electron chi connectivity index (χ3n) is 6.76. The predicted molar refractivity (Wildman–Crippen MR) is 150 cm³/mol. The van der Waals surface area contributed by atoms with Crippen molar-refractivity contribution in [2.75, 3.05) is 18.0 Å². The highest BCUT2D eigenvalue weighted by Gasteiger charge is 2.38. The molecule has 1 aliphatic heterocycles. The molecule has 1 N–H and O–H groups in total. The van der Waals surface area contributed by atoms with Crippen LogP contribution in [0.1, 0.15) is 55.0 Å². The van der Waals surface area contributed by atoms with Crippen LogP contribution >= 0.6 is 11.6 Å². The van der Waals surface area contributed by atoms with Gasteiger partial charge in [-0.1, -0.05) is 43.1 Å². The number of halogens is 1. The van der Waals surface area contributed by atoms with E-state index in [-0.39, 0.29) is 29.1 Å². The first kappa shape index (κ1) is 27.8. The van der Waals surface area contributed by atoms with Crippen LogP contribution < -0.4 is 19.1 Å². The number of carbonyl (C=O) groups excluding carboxylic acids is 1. The molecule has 4 rings (SSSR count). The Bertz CT molecular complexity index is 1450. The number of benzene rings is 3. The van der Waals surface area contributed by atoms with Gasteiger partial charge in [0.1, 0.15) is 11.5 Å². The second-order valence-corrected chi connectivity index (χ2v) is 12.2. The summed E-state index contributed by atoms with van der Waals surface area (Å²) in [5.41, 5.74) is 4.21. The average Bonchev–Trinajstić information content (AvgIpc) is 2.87. The molecule has 0 saturated heterocycles. The molecule has 38 heavy (non-hydrogen) atoms. The summed E-state index contributed by atoms with van der Waals surface area (Å²) in [7, 11) is -2.34. The van der Waals surface area contributed by atoms with Crippen LogP contribution in [-0.4, -0.2) is 34.1 Å². The predicted octanol–water partition coefficient (Wildman–Crippen LogP) is 5.92. The van der Waals surface area contributed by atoms with E-state index in [9.17, 15) is 13.2 Å². The third kappa shape index (κ3) is 5.47. The van der Waals surface area contributed by atoms with E-state index in [0.29, 0.717) is 10.7 Å². The van der Waals surface area contributed by atoms with Gasteiger partial charge in [0, 0.05) is 5.02 Å². The molecule has 1 heterocycles. The zero-order valence-electron chi connectivity index (χ0n) is 22.4. The number of hydrogen-bond donors (Lipinski definition) is 1. The quantitative estimate of drug-likeness (QED) is 0.390. The van der Waals surface area contributed by atoms with Gasteiger partial charge in [-0.15, -0.1) is 0 Å². The van der Waals surface area contributed by atoms with Gasteiger partial charge in [-0.2, -0.15) is 0 Å². The summed E-state index contributed by atoms with van der Waals surface area (Å²) in [6.45, 7) is 9.73. The Morgan fingerprint density at radius 1 is 1.05 bits per heavy atom. The van der Waals surface area contributed by atoms with E-state index in [4.69, 9.17) is 21.1 Å². The molecule has 0 saturated carbocycles. The fraction of sp³-hybridized carbons (Fsp3) is 0.345. The number of anilines is 1. The number of sulfonamides is 1. The van der Waals surface area contributed by atoms with E-state index >= 15 is 0 Å². The Kier molecular flexibility index (Phi) is 7.95. The molecule has 0 radical (unpaired) electrons. The number of amides is 1. The number of carbonyl (C=O) groups is 1. The number of nitrogens with one attached hydrogen (secondary N) is 1. The van der Waals surface area contributed by atoms with Crippen molar-refractivity contribution in [1.29, 1.82) is 0 Å². The number of rotatable bonds is 7. The molecular formula is C29H33ClN2O5S. The van der Waals surface area contributed by atoms with Crippen molar-refractivity contribution in [3.63, 3.8) is 0 Å². The van der Waals surface area contributed by atoms with Gasteiger partial charge in [-0.25, -0.2) is 8.42 Å². The highest BCUT2D eigenvalue weighted by atomic mass is 35.5. The summed E-state index contributed by atoms with van der Waals surface area (Å²) >= 11 is 6.20. The van der Waals surface area contributed by atoms with E-state index in [1.54, 1.807) is 43.5 Å². The molecule has 0 aliphatic carbocycles. The smallest absolute Gasteiger partial charge is 0.264 e. The molecule has 0 aromatic heterocycles. The normalized spacial score (nSPS) is 16.0. The molecule has 1 aliphatic rings. The molecular weight excluding hydrogens is 524 g/mol. The number of aryl methyl sites for hydroxylation is 2. The lowest BCUT2D eigenvalue weighted by Crippen LogP contribution is -2.51. The van der Waals surface area contributed by atoms with E-state index in [1.165, 1.54) is 10.4 Å². The Morgan fingerprint density at radius 2 is 1.74 bits per heavy atom. The molecule has 0 spiro atoms. The number of hydrogen-bond acceptors (Lipinski definition) is 5. The summed E-state index contributed by atoms with van der Waals surface area (Å²) in [5.74, 6) is 0.899. The molecule has 0 unspecified atom stereocenters.